The summed E-state index contributed by atoms with van der Waals surface area (Å²) in [5.74, 6) is 0. The lowest BCUT2D eigenvalue weighted by molar-refractivity contribution is 0.250. The van der Waals surface area contributed by atoms with Gasteiger partial charge in [0.1, 0.15) is 0 Å². The van der Waals surface area contributed by atoms with Gasteiger partial charge in [0.25, 0.3) is 0 Å². The maximum absolute atomic E-state index is 12.6. The summed E-state index contributed by atoms with van der Waals surface area (Å²) in [5, 5.41) is 7.06. The molecule has 2 heterocycles. The molecule has 10 heteroatoms. The van der Waals surface area contributed by atoms with E-state index in [9.17, 15) is 16.8 Å². The zero-order chi connectivity index (χ0) is 18.8. The van der Waals surface area contributed by atoms with Crippen molar-refractivity contribution in [3.63, 3.8) is 0 Å². The van der Waals surface area contributed by atoms with Crippen molar-refractivity contribution in [3.05, 3.63) is 46.7 Å². The third-order valence-electron chi connectivity index (χ3n) is 4.36. The second-order valence-corrected chi connectivity index (χ2v) is 10.5. The van der Waals surface area contributed by atoms with Crippen molar-refractivity contribution in [2.45, 2.75) is 28.7 Å². The van der Waals surface area contributed by atoms with Crippen LogP contribution in [0.4, 0.5) is 0 Å². The minimum atomic E-state index is -3.96. The first kappa shape index (κ1) is 19.5. The lowest BCUT2D eigenvalue weighted by Gasteiger charge is -2.26. The van der Waals surface area contributed by atoms with Crippen molar-refractivity contribution in [1.29, 1.82) is 0 Å². The standard InChI is InChI=1S/C16H21N3O4S3/c17-25(20,21)13-5-3-6-14(11-13)26(22,23)18-12-15(16-7-4-10-24-16)19-8-1-2-9-19/h3-7,10-11,15,18H,1-2,8-9,12H2,(H2,17,20,21). The molecule has 0 saturated carbocycles. The number of sulfonamides is 2. The zero-order valence-electron chi connectivity index (χ0n) is 14.0. The van der Waals surface area contributed by atoms with E-state index in [0.717, 1.165) is 36.9 Å². The number of nitrogens with one attached hydrogen (secondary N) is 1. The maximum Gasteiger partial charge on any atom is 0.240 e. The summed E-state index contributed by atoms with van der Waals surface area (Å²) in [5.41, 5.74) is 0. The van der Waals surface area contributed by atoms with Gasteiger partial charge in [-0.2, -0.15) is 0 Å². The highest BCUT2D eigenvalue weighted by Gasteiger charge is 2.26. The van der Waals surface area contributed by atoms with Crippen LogP contribution in [0.25, 0.3) is 0 Å². The smallest absolute Gasteiger partial charge is 0.240 e. The number of hydrogen-bond acceptors (Lipinski definition) is 6. The lowest BCUT2D eigenvalue weighted by Crippen LogP contribution is -2.36. The molecule has 2 aromatic rings. The average molecular weight is 416 g/mol. The number of benzene rings is 1. The fraction of sp³-hybridized carbons (Fsp3) is 0.375. The molecule has 1 aromatic heterocycles. The van der Waals surface area contributed by atoms with Crippen LogP contribution >= 0.6 is 11.3 Å². The summed E-state index contributed by atoms with van der Waals surface area (Å²) < 4.78 is 50.8. The molecule has 0 aliphatic carbocycles. The molecule has 0 amide bonds. The van der Waals surface area contributed by atoms with Crippen molar-refractivity contribution < 1.29 is 16.8 Å². The number of rotatable bonds is 7. The topological polar surface area (TPSA) is 110 Å². The van der Waals surface area contributed by atoms with E-state index in [1.54, 1.807) is 11.3 Å². The van der Waals surface area contributed by atoms with Crippen LogP contribution in [0.5, 0.6) is 0 Å². The monoisotopic (exact) mass is 415 g/mol. The molecule has 1 atom stereocenters. The summed E-state index contributed by atoms with van der Waals surface area (Å²) in [6.45, 7) is 2.10. The molecule has 142 valence electrons. The van der Waals surface area contributed by atoms with E-state index in [1.807, 2.05) is 17.5 Å². The molecule has 1 aliphatic heterocycles. The number of thiophene rings is 1. The first-order valence-corrected chi connectivity index (χ1v) is 12.1. The van der Waals surface area contributed by atoms with Crippen LogP contribution in [0.1, 0.15) is 23.8 Å². The van der Waals surface area contributed by atoms with Crippen LogP contribution in [-0.4, -0.2) is 41.4 Å². The van der Waals surface area contributed by atoms with Gasteiger partial charge in [0.15, 0.2) is 0 Å². The van der Waals surface area contributed by atoms with E-state index >= 15 is 0 Å². The number of nitrogens with zero attached hydrogens (tertiary/aromatic N) is 1. The van der Waals surface area contributed by atoms with Gasteiger partial charge in [-0.25, -0.2) is 26.7 Å². The molecule has 0 bridgehead atoms. The highest BCUT2D eigenvalue weighted by molar-refractivity contribution is 7.90. The quantitative estimate of drug-likeness (QED) is 0.712. The molecule has 3 rings (SSSR count). The van der Waals surface area contributed by atoms with E-state index in [-0.39, 0.29) is 22.4 Å². The summed E-state index contributed by atoms with van der Waals surface area (Å²) in [7, 11) is -7.81. The van der Waals surface area contributed by atoms with Gasteiger partial charge in [-0.05, 0) is 55.6 Å². The van der Waals surface area contributed by atoms with Gasteiger partial charge < -0.3 is 0 Å². The van der Waals surface area contributed by atoms with Gasteiger partial charge in [-0.15, -0.1) is 11.3 Å². The van der Waals surface area contributed by atoms with E-state index in [4.69, 9.17) is 5.14 Å². The number of hydrogen-bond donors (Lipinski definition) is 2. The van der Waals surface area contributed by atoms with Crippen molar-refractivity contribution in [1.82, 2.24) is 9.62 Å². The highest BCUT2D eigenvalue weighted by atomic mass is 32.2. The summed E-state index contributed by atoms with van der Waals surface area (Å²) in [6, 6.07) is 8.99. The number of likely N-dealkylation sites (tertiary alicyclic amines) is 1. The van der Waals surface area contributed by atoms with Gasteiger partial charge in [0.05, 0.1) is 15.8 Å². The second-order valence-electron chi connectivity index (χ2n) is 6.15. The summed E-state index contributed by atoms with van der Waals surface area (Å²) >= 11 is 1.60. The SMILES string of the molecule is NS(=O)(=O)c1cccc(S(=O)(=O)NCC(c2cccs2)N2CCCC2)c1. The Hall–Kier alpha value is -1.30. The zero-order valence-corrected chi connectivity index (χ0v) is 16.5. The maximum atomic E-state index is 12.6. The Morgan fingerprint density at radius 2 is 1.77 bits per heavy atom. The van der Waals surface area contributed by atoms with Gasteiger partial charge in [-0.3, -0.25) is 4.90 Å². The number of primary sulfonamides is 1. The minimum Gasteiger partial charge on any atom is -0.294 e. The van der Waals surface area contributed by atoms with Crippen LogP contribution in [0.15, 0.2) is 51.6 Å². The van der Waals surface area contributed by atoms with Gasteiger partial charge in [0, 0.05) is 11.4 Å². The minimum absolute atomic E-state index is 0.0336. The Balaban J connectivity index is 1.80. The van der Waals surface area contributed by atoms with Crippen LogP contribution in [0, 0.1) is 0 Å². The molecule has 1 fully saturated rings. The predicted molar refractivity (Wildman–Crippen MR) is 101 cm³/mol. The van der Waals surface area contributed by atoms with Crippen LogP contribution < -0.4 is 9.86 Å². The molecule has 7 nitrogen and oxygen atoms in total. The van der Waals surface area contributed by atoms with Crippen LogP contribution in [0.2, 0.25) is 0 Å². The molecule has 1 saturated heterocycles. The van der Waals surface area contributed by atoms with Gasteiger partial charge in [0.2, 0.25) is 20.0 Å². The normalized spacial score (nSPS) is 17.4. The third kappa shape index (κ3) is 4.51. The second kappa shape index (κ2) is 7.75. The fourth-order valence-electron chi connectivity index (χ4n) is 3.03. The Morgan fingerprint density at radius 3 is 2.38 bits per heavy atom. The predicted octanol–water partition coefficient (Wildman–Crippen LogP) is 1.51. The van der Waals surface area contributed by atoms with Gasteiger partial charge in [-0.1, -0.05) is 12.1 Å². The van der Waals surface area contributed by atoms with E-state index < -0.39 is 20.0 Å². The van der Waals surface area contributed by atoms with Crippen molar-refractivity contribution in [2.24, 2.45) is 5.14 Å². The van der Waals surface area contributed by atoms with Crippen LogP contribution in [-0.2, 0) is 20.0 Å². The van der Waals surface area contributed by atoms with Crippen LogP contribution in [0.3, 0.4) is 0 Å². The molecule has 0 spiro atoms. The molecular weight excluding hydrogens is 394 g/mol. The van der Waals surface area contributed by atoms with Crippen molar-refractivity contribution >= 4 is 31.4 Å². The number of nitrogens with two attached hydrogens (primary N) is 1. The van der Waals surface area contributed by atoms with Crippen molar-refractivity contribution in [3.8, 4) is 0 Å². The lowest BCUT2D eigenvalue weighted by atomic mass is 10.2. The Kier molecular flexibility index (Phi) is 5.80. The first-order chi connectivity index (χ1) is 12.3. The van der Waals surface area contributed by atoms with E-state index in [2.05, 4.69) is 9.62 Å². The molecular formula is C16H21N3O4S3. The van der Waals surface area contributed by atoms with E-state index in [1.165, 1.54) is 18.2 Å². The van der Waals surface area contributed by atoms with Gasteiger partial charge >= 0.3 is 0 Å². The summed E-state index contributed by atoms with van der Waals surface area (Å²) in [6.07, 6.45) is 2.20. The molecule has 1 unspecified atom stereocenters. The molecule has 26 heavy (non-hydrogen) atoms. The Morgan fingerprint density at radius 1 is 1.08 bits per heavy atom. The highest BCUT2D eigenvalue weighted by Crippen LogP contribution is 2.28. The van der Waals surface area contributed by atoms with Crippen molar-refractivity contribution in [2.75, 3.05) is 19.6 Å². The summed E-state index contributed by atoms with van der Waals surface area (Å²) in [4.78, 5) is 3.03. The Bertz CT molecular complexity index is 950. The molecule has 0 radical (unpaired) electrons. The molecule has 1 aromatic carbocycles. The molecule has 3 N–H and O–H groups in total. The largest absolute Gasteiger partial charge is 0.294 e. The third-order valence-corrected chi connectivity index (χ3v) is 7.67. The molecule has 1 aliphatic rings. The van der Waals surface area contributed by atoms with E-state index in [0.29, 0.717) is 0 Å². The fourth-order valence-corrected chi connectivity index (χ4v) is 5.61. The average Bonchev–Trinajstić information content (AvgIpc) is 3.28. The first-order valence-electron chi connectivity index (χ1n) is 8.17. The Labute approximate surface area is 157 Å².